The molecule has 1 amide bonds. The number of nitrogens with zero attached hydrogens (tertiary/aromatic N) is 2. The highest BCUT2D eigenvalue weighted by Crippen LogP contribution is 2.35. The third kappa shape index (κ3) is 5.33. The number of rotatable bonds is 9. The molecule has 0 spiro atoms. The van der Waals surface area contributed by atoms with E-state index in [1.54, 1.807) is 0 Å². The van der Waals surface area contributed by atoms with Gasteiger partial charge in [0.1, 0.15) is 17.9 Å². The number of aryl methyl sites for hydroxylation is 1. The summed E-state index contributed by atoms with van der Waals surface area (Å²) in [4.78, 5) is 25.0. The highest BCUT2D eigenvalue weighted by atomic mass is 32.1. The number of amides is 1. The van der Waals surface area contributed by atoms with Crippen LogP contribution in [0.4, 0.5) is 5.69 Å². The van der Waals surface area contributed by atoms with E-state index in [0.717, 1.165) is 17.8 Å². The Balaban J connectivity index is 1.64. The van der Waals surface area contributed by atoms with Gasteiger partial charge in [0.05, 0.1) is 21.3 Å². The zero-order chi connectivity index (χ0) is 23.1. The van der Waals surface area contributed by atoms with Crippen LogP contribution in [0.5, 0.6) is 17.2 Å². The second kappa shape index (κ2) is 10.6. The average molecular weight is 458 g/mol. The molecular formula is C22H23N3O6S. The van der Waals surface area contributed by atoms with E-state index in [4.69, 9.17) is 18.9 Å². The van der Waals surface area contributed by atoms with Crippen molar-refractivity contribution in [3.63, 3.8) is 0 Å². The first kappa shape index (κ1) is 23.0. The number of hydrogen-bond acceptors (Lipinski definition) is 9. The fraction of sp³-hybridized carbons (Fsp3) is 0.273. The lowest BCUT2D eigenvalue weighted by Crippen LogP contribution is -2.11. The van der Waals surface area contributed by atoms with E-state index in [0.29, 0.717) is 22.2 Å². The maximum atomic E-state index is 12.6. The lowest BCUT2D eigenvalue weighted by atomic mass is 10.1. The minimum absolute atomic E-state index is 0.146. The van der Waals surface area contributed by atoms with Crippen molar-refractivity contribution in [3.05, 3.63) is 57.5 Å². The normalized spacial score (nSPS) is 10.4. The van der Waals surface area contributed by atoms with Gasteiger partial charge in [0.2, 0.25) is 5.01 Å². The van der Waals surface area contributed by atoms with Crippen molar-refractivity contribution < 1.29 is 28.5 Å². The molecule has 0 radical (unpaired) electrons. The molecule has 0 bridgehead atoms. The summed E-state index contributed by atoms with van der Waals surface area (Å²) in [5.74, 6) is 0.0390. The van der Waals surface area contributed by atoms with Crippen molar-refractivity contribution in [1.82, 2.24) is 10.2 Å². The molecule has 10 heteroatoms. The number of aromatic nitrogens is 2. The van der Waals surface area contributed by atoms with E-state index < -0.39 is 5.97 Å². The van der Waals surface area contributed by atoms with Crippen LogP contribution in [-0.4, -0.2) is 43.4 Å². The Kier molecular flexibility index (Phi) is 7.61. The Morgan fingerprint density at radius 2 is 1.59 bits per heavy atom. The van der Waals surface area contributed by atoms with Crippen LogP contribution in [0.25, 0.3) is 0 Å². The Bertz CT molecular complexity index is 1100. The molecule has 0 unspecified atom stereocenters. The highest BCUT2D eigenvalue weighted by Gasteiger charge is 2.20. The van der Waals surface area contributed by atoms with Crippen molar-refractivity contribution in [2.75, 3.05) is 26.6 Å². The predicted molar refractivity (Wildman–Crippen MR) is 119 cm³/mol. The standard InChI is InChI=1S/C22H23N3O6S/c1-5-13-6-8-14(9-7-13)23-20(26)21-25-24-19(32-21)12-31-22(27)15-10-17(29-3)18(30-4)11-16(15)28-2/h6-11H,5,12H2,1-4H3,(H,23,26). The maximum absolute atomic E-state index is 12.6. The minimum atomic E-state index is -0.639. The number of benzene rings is 2. The van der Waals surface area contributed by atoms with Gasteiger partial charge >= 0.3 is 5.97 Å². The summed E-state index contributed by atoms with van der Waals surface area (Å²) in [5.41, 5.74) is 2.01. The summed E-state index contributed by atoms with van der Waals surface area (Å²) >= 11 is 1.04. The van der Waals surface area contributed by atoms with Gasteiger partial charge in [-0.3, -0.25) is 4.79 Å². The summed E-state index contributed by atoms with van der Waals surface area (Å²) < 4.78 is 21.0. The van der Waals surface area contributed by atoms with Gasteiger partial charge in [-0.1, -0.05) is 30.4 Å². The summed E-state index contributed by atoms with van der Waals surface area (Å²) in [6, 6.07) is 10.6. The quantitative estimate of drug-likeness (QED) is 0.484. The molecule has 1 heterocycles. The number of nitrogens with one attached hydrogen (secondary N) is 1. The average Bonchev–Trinajstić information content (AvgIpc) is 3.31. The first-order chi connectivity index (χ1) is 15.5. The molecule has 3 aromatic rings. The number of ether oxygens (including phenoxy) is 4. The predicted octanol–water partition coefficient (Wildman–Crippen LogP) is 3.74. The number of anilines is 1. The zero-order valence-corrected chi connectivity index (χ0v) is 18.9. The van der Waals surface area contributed by atoms with Crippen molar-refractivity contribution in [1.29, 1.82) is 0 Å². The highest BCUT2D eigenvalue weighted by molar-refractivity contribution is 7.13. The Labute approximate surface area is 189 Å². The first-order valence-electron chi connectivity index (χ1n) is 9.68. The van der Waals surface area contributed by atoms with Gasteiger partial charge < -0.3 is 24.3 Å². The summed E-state index contributed by atoms with van der Waals surface area (Å²) in [6.45, 7) is 1.91. The molecule has 2 aromatic carbocycles. The Morgan fingerprint density at radius 1 is 0.938 bits per heavy atom. The van der Waals surface area contributed by atoms with E-state index >= 15 is 0 Å². The van der Waals surface area contributed by atoms with Gasteiger partial charge in [0.25, 0.3) is 5.91 Å². The molecule has 3 rings (SSSR count). The van der Waals surface area contributed by atoms with Gasteiger partial charge in [0, 0.05) is 17.8 Å². The lowest BCUT2D eigenvalue weighted by Gasteiger charge is -2.13. The minimum Gasteiger partial charge on any atom is -0.496 e. The van der Waals surface area contributed by atoms with E-state index in [1.807, 2.05) is 24.3 Å². The van der Waals surface area contributed by atoms with Crippen molar-refractivity contribution in [3.8, 4) is 17.2 Å². The van der Waals surface area contributed by atoms with Crippen molar-refractivity contribution >= 4 is 28.9 Å². The molecule has 0 aliphatic heterocycles. The lowest BCUT2D eigenvalue weighted by molar-refractivity contribution is 0.0467. The zero-order valence-electron chi connectivity index (χ0n) is 18.1. The smallest absolute Gasteiger partial charge is 0.342 e. The fourth-order valence-electron chi connectivity index (χ4n) is 2.81. The second-order valence-corrected chi connectivity index (χ2v) is 7.55. The van der Waals surface area contributed by atoms with Gasteiger partial charge in [-0.2, -0.15) is 0 Å². The summed E-state index contributed by atoms with van der Waals surface area (Å²) in [5, 5.41) is 11.1. The second-order valence-electron chi connectivity index (χ2n) is 6.49. The van der Waals surface area contributed by atoms with Gasteiger partial charge in [-0.25, -0.2) is 4.79 Å². The van der Waals surface area contributed by atoms with E-state index in [-0.39, 0.29) is 28.8 Å². The van der Waals surface area contributed by atoms with Crippen LogP contribution in [-0.2, 0) is 17.8 Å². The molecule has 32 heavy (non-hydrogen) atoms. The van der Waals surface area contributed by atoms with Crippen LogP contribution in [0.2, 0.25) is 0 Å². The fourth-order valence-corrected chi connectivity index (χ4v) is 3.45. The third-order valence-electron chi connectivity index (χ3n) is 4.53. The molecule has 0 saturated carbocycles. The molecule has 1 aromatic heterocycles. The van der Waals surface area contributed by atoms with Crippen LogP contribution in [0.3, 0.4) is 0 Å². The molecule has 1 N–H and O–H groups in total. The third-order valence-corrected chi connectivity index (χ3v) is 5.43. The molecule has 0 aliphatic rings. The van der Waals surface area contributed by atoms with Gasteiger partial charge in [-0.15, -0.1) is 10.2 Å². The number of esters is 1. The Morgan fingerprint density at radius 3 is 2.22 bits per heavy atom. The summed E-state index contributed by atoms with van der Waals surface area (Å²) in [6.07, 6.45) is 0.919. The summed E-state index contributed by atoms with van der Waals surface area (Å²) in [7, 11) is 4.38. The number of hydrogen-bond donors (Lipinski definition) is 1. The maximum Gasteiger partial charge on any atom is 0.342 e. The molecule has 9 nitrogen and oxygen atoms in total. The van der Waals surface area contributed by atoms with Gasteiger partial charge in [-0.05, 0) is 24.1 Å². The molecular weight excluding hydrogens is 434 g/mol. The SMILES string of the molecule is CCc1ccc(NC(=O)c2nnc(COC(=O)c3cc(OC)c(OC)cc3OC)s2)cc1. The van der Waals surface area contributed by atoms with Crippen molar-refractivity contribution in [2.24, 2.45) is 0 Å². The molecule has 168 valence electrons. The molecule has 0 saturated heterocycles. The first-order valence-corrected chi connectivity index (χ1v) is 10.5. The number of carbonyl (C=O) groups is 2. The Hall–Kier alpha value is -3.66. The van der Waals surface area contributed by atoms with Crippen LogP contribution in [0.15, 0.2) is 36.4 Å². The number of methoxy groups -OCH3 is 3. The molecule has 0 fully saturated rings. The largest absolute Gasteiger partial charge is 0.496 e. The van der Waals surface area contributed by atoms with Crippen LogP contribution in [0, 0.1) is 0 Å². The van der Waals surface area contributed by atoms with Crippen LogP contribution >= 0.6 is 11.3 Å². The van der Waals surface area contributed by atoms with Crippen LogP contribution in [0.1, 0.15) is 37.7 Å². The molecule has 0 atom stereocenters. The van der Waals surface area contributed by atoms with Gasteiger partial charge in [0.15, 0.2) is 16.5 Å². The number of carbonyl (C=O) groups excluding carboxylic acids is 2. The van der Waals surface area contributed by atoms with Crippen LogP contribution < -0.4 is 19.5 Å². The van der Waals surface area contributed by atoms with E-state index in [2.05, 4.69) is 22.4 Å². The topological polar surface area (TPSA) is 109 Å². The van der Waals surface area contributed by atoms with E-state index in [9.17, 15) is 9.59 Å². The monoisotopic (exact) mass is 457 g/mol. The van der Waals surface area contributed by atoms with Crippen molar-refractivity contribution in [2.45, 2.75) is 20.0 Å². The molecule has 0 aliphatic carbocycles. The van der Waals surface area contributed by atoms with E-state index in [1.165, 1.54) is 39.0 Å².